The summed E-state index contributed by atoms with van der Waals surface area (Å²) >= 11 is 0. The Balaban J connectivity index is 0.000000177. The second-order valence-corrected chi connectivity index (χ2v) is 19.2. The van der Waals surface area contributed by atoms with Crippen LogP contribution in [-0.4, -0.2) is 78.4 Å². The van der Waals surface area contributed by atoms with Crippen LogP contribution in [0.25, 0.3) is 0 Å². The molecule has 4 aliphatic heterocycles. The average molecular weight is 919 g/mol. The summed E-state index contributed by atoms with van der Waals surface area (Å²) < 4.78 is 141. The van der Waals surface area contributed by atoms with E-state index in [-0.39, 0.29) is 74.6 Å². The van der Waals surface area contributed by atoms with Crippen LogP contribution in [-0.2, 0) is 75.3 Å². The maximum Gasteiger partial charge on any atom is 0.304 e. The van der Waals surface area contributed by atoms with Gasteiger partial charge in [0.1, 0.15) is 11.6 Å². The maximum absolute atomic E-state index is 13.6. The number of hydrogen-bond donors (Lipinski definition) is 1. The van der Waals surface area contributed by atoms with Gasteiger partial charge in [0.05, 0.1) is 35.2 Å². The highest BCUT2D eigenvalue weighted by atomic mass is 32.2. The van der Waals surface area contributed by atoms with E-state index in [2.05, 4.69) is 14.9 Å². The highest BCUT2D eigenvalue weighted by Gasteiger charge is 2.40. The Morgan fingerprint density at radius 3 is 1.56 bits per heavy atom. The first kappa shape index (κ1) is 44.0. The van der Waals surface area contributed by atoms with Crippen LogP contribution in [0.15, 0.2) is 67.0 Å². The smallest absolute Gasteiger partial charge is 0.299 e. The highest BCUT2D eigenvalue weighted by Crippen LogP contribution is 2.35. The van der Waals surface area contributed by atoms with E-state index in [1.54, 1.807) is 9.36 Å². The van der Waals surface area contributed by atoms with Gasteiger partial charge in [0, 0.05) is 83.3 Å². The van der Waals surface area contributed by atoms with Crippen LogP contribution in [0.3, 0.4) is 0 Å². The van der Waals surface area contributed by atoms with Crippen molar-refractivity contribution < 1.29 is 52.8 Å². The molecule has 4 aliphatic rings. The number of fused-ring (bicyclic) bond motifs is 2. The summed E-state index contributed by atoms with van der Waals surface area (Å²) in [4.78, 5) is 25.6. The summed E-state index contributed by atoms with van der Waals surface area (Å²) in [6, 6.07) is 12.6. The van der Waals surface area contributed by atoms with Gasteiger partial charge < -0.3 is 0 Å². The molecule has 2 saturated heterocycles. The predicted molar refractivity (Wildman–Crippen MR) is 216 cm³/mol. The molecule has 2 unspecified atom stereocenters. The van der Waals surface area contributed by atoms with Crippen molar-refractivity contribution in [3.05, 3.63) is 130 Å². The van der Waals surface area contributed by atoms with Gasteiger partial charge in [0.15, 0.2) is 34.9 Å². The van der Waals surface area contributed by atoms with Crippen LogP contribution < -0.4 is 13.3 Å². The van der Waals surface area contributed by atoms with Crippen molar-refractivity contribution in [2.75, 3.05) is 34.8 Å². The van der Waals surface area contributed by atoms with Gasteiger partial charge in [0.2, 0.25) is 0 Å². The summed E-state index contributed by atoms with van der Waals surface area (Å²) in [6.07, 6.45) is 3.97. The van der Waals surface area contributed by atoms with Crippen molar-refractivity contribution in [2.45, 2.75) is 58.2 Å². The average Bonchev–Trinajstić information content (AvgIpc) is 4.02. The molecule has 334 valence electrons. The summed E-state index contributed by atoms with van der Waals surface area (Å²) in [7, 11) is -7.39. The highest BCUT2D eigenvalue weighted by molar-refractivity contribution is 7.91. The quantitative estimate of drug-likeness (QED) is 0.158. The SMILES string of the molecule is O=C(Cc1cc(F)c(F)c(F)c1)C1CCn2ncc(N3CCN(Cc4ccccc4)S3(=O)=O)c2C1.O=C(Cc1cc(F)c(F)c(F)c1)C1CCn2ncc(N3CCNS3(=O)=O)c2C1. The summed E-state index contributed by atoms with van der Waals surface area (Å²) in [5, 5.41) is 8.53. The van der Waals surface area contributed by atoms with Gasteiger partial charge in [-0.15, -0.1) is 0 Å². The number of anilines is 2. The molecule has 0 saturated carbocycles. The number of rotatable bonds is 10. The Bertz CT molecular complexity index is 2760. The topological polar surface area (TPSA) is 160 Å². The molecule has 3 aromatic carbocycles. The van der Waals surface area contributed by atoms with Crippen molar-refractivity contribution in [1.29, 1.82) is 0 Å². The molecule has 9 rings (SSSR count). The summed E-state index contributed by atoms with van der Waals surface area (Å²) in [6.45, 7) is 2.25. The summed E-state index contributed by atoms with van der Waals surface area (Å²) in [5.41, 5.74) is 3.15. The first-order valence-electron chi connectivity index (χ1n) is 20.0. The van der Waals surface area contributed by atoms with Gasteiger partial charge in [-0.2, -0.15) is 36.1 Å². The molecular formula is C41H40F6N8O6S2. The van der Waals surface area contributed by atoms with Gasteiger partial charge in [-0.25, -0.2) is 26.3 Å². The molecule has 5 aromatic rings. The number of halogens is 6. The van der Waals surface area contributed by atoms with Gasteiger partial charge in [-0.3, -0.25) is 27.6 Å². The van der Waals surface area contributed by atoms with Gasteiger partial charge >= 0.3 is 20.4 Å². The second kappa shape index (κ2) is 17.5. The molecule has 14 nitrogen and oxygen atoms in total. The lowest BCUT2D eigenvalue weighted by molar-refractivity contribution is -0.123. The second-order valence-electron chi connectivity index (χ2n) is 15.7. The van der Waals surface area contributed by atoms with Crippen molar-refractivity contribution in [3.8, 4) is 0 Å². The van der Waals surface area contributed by atoms with Gasteiger partial charge in [-0.05, 0) is 53.8 Å². The van der Waals surface area contributed by atoms with E-state index < -0.39 is 67.2 Å². The van der Waals surface area contributed by atoms with Crippen molar-refractivity contribution in [1.82, 2.24) is 28.6 Å². The van der Waals surface area contributed by atoms with Gasteiger partial charge in [0.25, 0.3) is 0 Å². The molecule has 6 heterocycles. The first-order chi connectivity index (χ1) is 30.0. The van der Waals surface area contributed by atoms with E-state index in [4.69, 9.17) is 0 Å². The fourth-order valence-corrected chi connectivity index (χ4v) is 11.3. The lowest BCUT2D eigenvalue weighted by Gasteiger charge is -2.26. The number of aryl methyl sites for hydroxylation is 2. The Morgan fingerprint density at radius 2 is 1.10 bits per heavy atom. The number of nitrogens with one attached hydrogen (secondary N) is 1. The summed E-state index contributed by atoms with van der Waals surface area (Å²) in [5.74, 6) is -9.89. The number of benzene rings is 3. The molecule has 2 atom stereocenters. The molecule has 0 bridgehead atoms. The number of carbonyl (C=O) groups excluding carboxylic acids is 2. The van der Waals surface area contributed by atoms with Crippen molar-refractivity contribution >= 4 is 43.4 Å². The molecular weight excluding hydrogens is 879 g/mol. The van der Waals surface area contributed by atoms with Crippen LogP contribution in [0.5, 0.6) is 0 Å². The molecule has 0 amide bonds. The third kappa shape index (κ3) is 8.98. The minimum Gasteiger partial charge on any atom is -0.299 e. The monoisotopic (exact) mass is 918 g/mol. The normalized spacial score (nSPS) is 20.2. The Kier molecular flexibility index (Phi) is 12.3. The van der Waals surface area contributed by atoms with Crippen LogP contribution >= 0.6 is 0 Å². The van der Waals surface area contributed by atoms with E-state index in [0.29, 0.717) is 55.2 Å². The third-order valence-electron chi connectivity index (χ3n) is 11.7. The zero-order chi connectivity index (χ0) is 44.8. The largest absolute Gasteiger partial charge is 0.304 e. The minimum absolute atomic E-state index is 0.0596. The molecule has 2 aromatic heterocycles. The predicted octanol–water partition coefficient (Wildman–Crippen LogP) is 4.57. The number of Topliss-reactive ketones (excluding diaryl/α,β-unsaturated/α-hetero) is 2. The van der Waals surface area contributed by atoms with Crippen LogP contribution in [0.1, 0.15) is 40.9 Å². The molecule has 22 heteroatoms. The van der Waals surface area contributed by atoms with E-state index in [0.717, 1.165) is 29.8 Å². The molecule has 1 N–H and O–H groups in total. The van der Waals surface area contributed by atoms with Crippen molar-refractivity contribution in [2.24, 2.45) is 11.8 Å². The van der Waals surface area contributed by atoms with E-state index >= 15 is 0 Å². The molecule has 0 spiro atoms. The van der Waals surface area contributed by atoms with E-state index in [1.807, 2.05) is 30.3 Å². The number of hydrogen-bond acceptors (Lipinski definition) is 8. The van der Waals surface area contributed by atoms with E-state index in [9.17, 15) is 52.8 Å². The first-order valence-corrected chi connectivity index (χ1v) is 22.8. The lowest BCUT2D eigenvalue weighted by atomic mass is 9.88. The Morgan fingerprint density at radius 1 is 0.619 bits per heavy atom. The Hall–Kier alpha value is -5.58. The molecule has 0 aliphatic carbocycles. The van der Waals surface area contributed by atoms with Gasteiger partial charge in [-0.1, -0.05) is 30.3 Å². The standard InChI is InChI=1S/C24H23F3N4O3S.C17H17F3N4O3S/c25-19-10-17(11-20(26)24(19)27)12-23(32)18-6-7-30-21(13-18)22(14-28-30)31-9-8-29(35(31,33)34)15-16-4-2-1-3-5-16;18-12-5-10(6-13(19)17(12)20)7-16(25)11-1-3-23-14(8-11)15(9-21-23)24-4-2-22-28(24,26)27/h1-5,10-11,14,18H,6-9,12-13,15H2;5-6,9,11,22H,1-4,7-8H2. The van der Waals surface area contributed by atoms with Crippen molar-refractivity contribution in [3.63, 3.8) is 0 Å². The molecule has 0 radical (unpaired) electrons. The number of aromatic nitrogens is 4. The van der Waals surface area contributed by atoms with Crippen LogP contribution in [0, 0.1) is 46.7 Å². The maximum atomic E-state index is 13.6. The number of nitrogens with zero attached hydrogens (tertiary/aromatic N) is 7. The zero-order valence-corrected chi connectivity index (χ0v) is 35.0. The third-order valence-corrected chi connectivity index (χ3v) is 15.1. The lowest BCUT2D eigenvalue weighted by Crippen LogP contribution is -2.34. The molecule has 63 heavy (non-hydrogen) atoms. The number of carbonyl (C=O) groups is 2. The number of ketones is 2. The van der Waals surface area contributed by atoms with Crippen LogP contribution in [0.2, 0.25) is 0 Å². The van der Waals surface area contributed by atoms with E-state index in [1.165, 1.54) is 25.3 Å². The van der Waals surface area contributed by atoms with Crippen LogP contribution in [0.4, 0.5) is 37.7 Å². The molecule has 2 fully saturated rings. The minimum atomic E-state index is -3.77. The fourth-order valence-electron chi connectivity index (χ4n) is 8.40. The fraction of sp³-hybridized carbons (Fsp3) is 0.366. The zero-order valence-electron chi connectivity index (χ0n) is 33.4. The Labute approximate surface area is 358 Å².